The molecule has 2 rings (SSSR count). The van der Waals surface area contributed by atoms with E-state index in [0.717, 1.165) is 19.4 Å². The van der Waals surface area contributed by atoms with Gasteiger partial charge >= 0.3 is 0 Å². The van der Waals surface area contributed by atoms with Crippen molar-refractivity contribution in [1.82, 2.24) is 10.2 Å². The number of fused-ring (bicyclic) bond motifs is 1. The van der Waals surface area contributed by atoms with E-state index in [1.54, 1.807) is 6.08 Å². The van der Waals surface area contributed by atoms with Crippen molar-refractivity contribution in [2.75, 3.05) is 13.1 Å². The van der Waals surface area contributed by atoms with Crippen molar-refractivity contribution in [2.24, 2.45) is 5.73 Å². The number of piperidine rings is 1. The molecule has 3 unspecified atom stereocenters. The van der Waals surface area contributed by atoms with Gasteiger partial charge in [-0.2, -0.15) is 0 Å². The van der Waals surface area contributed by atoms with Gasteiger partial charge in [-0.05, 0) is 38.6 Å². The summed E-state index contributed by atoms with van der Waals surface area (Å²) in [6.45, 7) is 5.96. The predicted octanol–water partition coefficient (Wildman–Crippen LogP) is 0.633. The third-order valence-electron chi connectivity index (χ3n) is 3.92. The summed E-state index contributed by atoms with van der Waals surface area (Å²) in [5.74, 6) is -0.0265. The standard InChI is InChI=1S/C13H23N3O/c1-2-4-12(14)13(17)15-10-6-8-16-7-3-5-11(16)9-10/h2,10-12H,1,3-9,14H2,(H,15,17). The Morgan fingerprint density at radius 3 is 3.12 bits per heavy atom. The van der Waals surface area contributed by atoms with Crippen LogP contribution < -0.4 is 11.1 Å². The van der Waals surface area contributed by atoms with Crippen molar-refractivity contribution in [1.29, 1.82) is 0 Å². The Morgan fingerprint density at radius 2 is 2.35 bits per heavy atom. The van der Waals surface area contributed by atoms with E-state index in [1.165, 1.54) is 19.4 Å². The van der Waals surface area contributed by atoms with Gasteiger partial charge in [-0.3, -0.25) is 4.79 Å². The lowest BCUT2D eigenvalue weighted by Crippen LogP contribution is -2.51. The molecular formula is C13H23N3O. The second-order valence-corrected chi connectivity index (χ2v) is 5.19. The number of carbonyl (C=O) groups excluding carboxylic acids is 1. The molecule has 2 saturated heterocycles. The molecule has 0 aromatic heterocycles. The van der Waals surface area contributed by atoms with E-state index in [-0.39, 0.29) is 5.91 Å². The van der Waals surface area contributed by atoms with Gasteiger partial charge in [0.1, 0.15) is 0 Å². The van der Waals surface area contributed by atoms with Gasteiger partial charge in [0.25, 0.3) is 0 Å². The predicted molar refractivity (Wildman–Crippen MR) is 68.5 cm³/mol. The van der Waals surface area contributed by atoms with Crippen molar-refractivity contribution in [3.8, 4) is 0 Å². The van der Waals surface area contributed by atoms with Crippen molar-refractivity contribution in [2.45, 2.75) is 50.2 Å². The van der Waals surface area contributed by atoms with Crippen LogP contribution in [0.3, 0.4) is 0 Å². The van der Waals surface area contributed by atoms with Crippen molar-refractivity contribution in [3.05, 3.63) is 12.7 Å². The molecule has 3 N–H and O–H groups in total. The van der Waals surface area contributed by atoms with E-state index in [2.05, 4.69) is 16.8 Å². The SMILES string of the molecule is C=CCC(N)C(=O)NC1CCN2CCCC2C1. The highest BCUT2D eigenvalue weighted by molar-refractivity contribution is 5.81. The van der Waals surface area contributed by atoms with Crippen LogP contribution in [-0.2, 0) is 4.79 Å². The molecule has 0 saturated carbocycles. The minimum absolute atomic E-state index is 0.0265. The molecule has 0 aromatic rings. The van der Waals surface area contributed by atoms with E-state index >= 15 is 0 Å². The van der Waals surface area contributed by atoms with Crippen LogP contribution in [0.2, 0.25) is 0 Å². The first-order chi connectivity index (χ1) is 8.20. The molecule has 0 aromatic carbocycles. The normalized spacial score (nSPS) is 30.6. The average molecular weight is 237 g/mol. The summed E-state index contributed by atoms with van der Waals surface area (Å²) in [7, 11) is 0. The second kappa shape index (κ2) is 5.65. The molecule has 3 atom stereocenters. The Morgan fingerprint density at radius 1 is 1.53 bits per heavy atom. The fraction of sp³-hybridized carbons (Fsp3) is 0.769. The van der Waals surface area contributed by atoms with Crippen molar-refractivity contribution < 1.29 is 4.79 Å². The molecule has 0 spiro atoms. The van der Waals surface area contributed by atoms with Gasteiger partial charge in [-0.15, -0.1) is 6.58 Å². The zero-order valence-electron chi connectivity index (χ0n) is 10.4. The Labute approximate surface area is 103 Å². The lowest BCUT2D eigenvalue weighted by molar-refractivity contribution is -0.123. The minimum atomic E-state index is -0.436. The van der Waals surface area contributed by atoms with Crippen LogP contribution in [-0.4, -0.2) is 42.0 Å². The lowest BCUT2D eigenvalue weighted by Gasteiger charge is -2.35. The van der Waals surface area contributed by atoms with Crippen LogP contribution in [0.25, 0.3) is 0 Å². The van der Waals surface area contributed by atoms with Crippen LogP contribution in [0.5, 0.6) is 0 Å². The number of carbonyl (C=O) groups is 1. The molecule has 0 bridgehead atoms. The highest BCUT2D eigenvalue weighted by atomic mass is 16.2. The summed E-state index contributed by atoms with van der Waals surface area (Å²) in [6, 6.07) is 0.566. The number of hydrogen-bond donors (Lipinski definition) is 2. The molecule has 2 aliphatic rings. The monoisotopic (exact) mass is 237 g/mol. The highest BCUT2D eigenvalue weighted by Crippen LogP contribution is 2.26. The van der Waals surface area contributed by atoms with E-state index in [9.17, 15) is 4.79 Å². The smallest absolute Gasteiger partial charge is 0.237 e. The van der Waals surface area contributed by atoms with E-state index < -0.39 is 6.04 Å². The van der Waals surface area contributed by atoms with Gasteiger partial charge in [0.15, 0.2) is 0 Å². The maximum atomic E-state index is 11.8. The molecule has 17 heavy (non-hydrogen) atoms. The molecule has 2 heterocycles. The molecule has 4 nitrogen and oxygen atoms in total. The quantitative estimate of drug-likeness (QED) is 0.705. The largest absolute Gasteiger partial charge is 0.352 e. The lowest BCUT2D eigenvalue weighted by atomic mass is 9.97. The second-order valence-electron chi connectivity index (χ2n) is 5.19. The average Bonchev–Trinajstić information content (AvgIpc) is 2.76. The summed E-state index contributed by atoms with van der Waals surface area (Å²) >= 11 is 0. The summed E-state index contributed by atoms with van der Waals surface area (Å²) in [5, 5.41) is 3.08. The summed E-state index contributed by atoms with van der Waals surface area (Å²) in [5.41, 5.74) is 5.76. The summed E-state index contributed by atoms with van der Waals surface area (Å²) in [4.78, 5) is 14.3. The van der Waals surface area contributed by atoms with Gasteiger partial charge < -0.3 is 16.0 Å². The Kier molecular flexibility index (Phi) is 4.18. The molecule has 96 valence electrons. The van der Waals surface area contributed by atoms with Crippen molar-refractivity contribution in [3.63, 3.8) is 0 Å². The van der Waals surface area contributed by atoms with Gasteiger partial charge in [-0.1, -0.05) is 6.08 Å². The Bertz CT molecular complexity index is 292. The number of rotatable bonds is 4. The van der Waals surface area contributed by atoms with Crippen LogP contribution in [0, 0.1) is 0 Å². The number of nitrogens with one attached hydrogen (secondary N) is 1. The maximum Gasteiger partial charge on any atom is 0.237 e. The Balaban J connectivity index is 1.79. The van der Waals surface area contributed by atoms with Gasteiger partial charge in [0, 0.05) is 18.6 Å². The first kappa shape index (κ1) is 12.6. The number of hydrogen-bond acceptors (Lipinski definition) is 3. The van der Waals surface area contributed by atoms with Crippen LogP contribution >= 0.6 is 0 Å². The molecule has 4 heteroatoms. The van der Waals surface area contributed by atoms with E-state index in [1.807, 2.05) is 0 Å². The zero-order valence-corrected chi connectivity index (χ0v) is 10.4. The maximum absolute atomic E-state index is 11.8. The van der Waals surface area contributed by atoms with Crippen molar-refractivity contribution >= 4 is 5.91 Å². The molecule has 2 fully saturated rings. The molecular weight excluding hydrogens is 214 g/mol. The third kappa shape index (κ3) is 3.07. The third-order valence-corrected chi connectivity index (χ3v) is 3.92. The molecule has 0 radical (unpaired) electrons. The first-order valence-electron chi connectivity index (χ1n) is 6.61. The first-order valence-corrected chi connectivity index (χ1v) is 6.61. The summed E-state index contributed by atoms with van der Waals surface area (Å²) < 4.78 is 0. The van der Waals surface area contributed by atoms with Gasteiger partial charge in [0.2, 0.25) is 5.91 Å². The summed E-state index contributed by atoms with van der Waals surface area (Å²) in [6.07, 6.45) is 6.99. The Hall–Kier alpha value is -0.870. The highest BCUT2D eigenvalue weighted by Gasteiger charge is 2.32. The van der Waals surface area contributed by atoms with E-state index in [0.29, 0.717) is 18.5 Å². The number of nitrogens with zero attached hydrogens (tertiary/aromatic N) is 1. The fourth-order valence-corrected chi connectivity index (χ4v) is 2.95. The fourth-order valence-electron chi connectivity index (χ4n) is 2.95. The zero-order chi connectivity index (χ0) is 12.3. The van der Waals surface area contributed by atoms with Gasteiger partial charge in [-0.25, -0.2) is 0 Å². The number of amides is 1. The topological polar surface area (TPSA) is 58.4 Å². The van der Waals surface area contributed by atoms with E-state index in [4.69, 9.17) is 5.73 Å². The minimum Gasteiger partial charge on any atom is -0.352 e. The molecule has 0 aliphatic carbocycles. The van der Waals surface area contributed by atoms with Gasteiger partial charge in [0.05, 0.1) is 6.04 Å². The van der Waals surface area contributed by atoms with Crippen LogP contribution in [0.15, 0.2) is 12.7 Å². The van der Waals surface area contributed by atoms with Crippen LogP contribution in [0.4, 0.5) is 0 Å². The molecule has 1 amide bonds. The number of nitrogens with two attached hydrogens (primary N) is 1. The molecule has 2 aliphatic heterocycles. The van der Waals surface area contributed by atoms with Crippen LogP contribution in [0.1, 0.15) is 32.1 Å².